The number of carbonyl (C=O) groups excluding carboxylic acids is 1. The van der Waals surface area contributed by atoms with Gasteiger partial charge >= 0.3 is 0 Å². The van der Waals surface area contributed by atoms with Gasteiger partial charge in [0.1, 0.15) is 0 Å². The Bertz CT molecular complexity index is 786. The number of nitrogens with zero attached hydrogens (tertiary/aromatic N) is 1. The summed E-state index contributed by atoms with van der Waals surface area (Å²) >= 11 is 0. The Balaban J connectivity index is 0.00000280. The normalized spacial score (nSPS) is 25.1. The summed E-state index contributed by atoms with van der Waals surface area (Å²) in [5.74, 6) is -0.275. The summed E-state index contributed by atoms with van der Waals surface area (Å²) < 4.78 is 33.1. The molecule has 7 nitrogen and oxygen atoms in total. The van der Waals surface area contributed by atoms with Gasteiger partial charge in [-0.3, -0.25) is 4.79 Å². The second-order valence-corrected chi connectivity index (χ2v) is 9.69. The Morgan fingerprint density at radius 2 is 1.86 bits per heavy atom. The van der Waals surface area contributed by atoms with Gasteiger partial charge in [-0.1, -0.05) is 18.9 Å². The minimum absolute atomic E-state index is 0. The first-order valence-corrected chi connectivity index (χ1v) is 11.0. The highest BCUT2D eigenvalue weighted by atomic mass is 35.5. The number of hydrogen-bond acceptors (Lipinski definition) is 5. The highest BCUT2D eigenvalue weighted by Crippen LogP contribution is 2.29. The van der Waals surface area contributed by atoms with Crippen molar-refractivity contribution in [1.82, 2.24) is 9.62 Å². The lowest BCUT2D eigenvalue weighted by Gasteiger charge is -2.34. The number of halogens is 1. The highest BCUT2D eigenvalue weighted by Gasteiger charge is 2.35. The molecule has 2 unspecified atom stereocenters. The van der Waals surface area contributed by atoms with Crippen molar-refractivity contribution in [3.05, 3.63) is 29.8 Å². The number of nitrogens with one attached hydrogen (secondary N) is 1. The molecule has 0 aromatic heterocycles. The van der Waals surface area contributed by atoms with Gasteiger partial charge in [0, 0.05) is 25.2 Å². The molecule has 1 amide bonds. The van der Waals surface area contributed by atoms with Crippen LogP contribution in [0.15, 0.2) is 29.2 Å². The summed E-state index contributed by atoms with van der Waals surface area (Å²) in [6, 6.07) is 6.23. The first-order valence-electron chi connectivity index (χ1n) is 9.54. The number of benzene rings is 1. The molecule has 1 saturated carbocycles. The molecule has 2 fully saturated rings. The molecule has 1 heterocycles. The van der Waals surface area contributed by atoms with Crippen molar-refractivity contribution in [1.29, 1.82) is 0 Å². The second-order valence-electron chi connectivity index (χ2n) is 7.75. The maximum atomic E-state index is 13.0. The minimum atomic E-state index is -3.68. The third-order valence-corrected chi connectivity index (χ3v) is 7.28. The molecular weight excluding hydrogens is 402 g/mol. The van der Waals surface area contributed by atoms with Crippen molar-refractivity contribution in [3.8, 4) is 0 Å². The Morgan fingerprint density at radius 3 is 2.43 bits per heavy atom. The second kappa shape index (κ2) is 9.09. The van der Waals surface area contributed by atoms with E-state index >= 15 is 0 Å². The van der Waals surface area contributed by atoms with Gasteiger partial charge in [0.2, 0.25) is 10.0 Å². The third-order valence-electron chi connectivity index (χ3n) is 5.45. The van der Waals surface area contributed by atoms with Gasteiger partial charge in [-0.2, -0.15) is 4.31 Å². The molecule has 2 aliphatic rings. The van der Waals surface area contributed by atoms with Crippen molar-refractivity contribution in [3.63, 3.8) is 0 Å². The van der Waals surface area contributed by atoms with E-state index in [1.54, 1.807) is 12.1 Å². The molecule has 1 aliphatic heterocycles. The molecular formula is C19H30ClN3O4S. The largest absolute Gasteiger partial charge is 0.373 e. The first kappa shape index (κ1) is 23.1. The maximum Gasteiger partial charge on any atom is 0.251 e. The van der Waals surface area contributed by atoms with Crippen LogP contribution in [0.2, 0.25) is 0 Å². The van der Waals surface area contributed by atoms with Crippen molar-refractivity contribution in [2.75, 3.05) is 19.6 Å². The van der Waals surface area contributed by atoms with Crippen molar-refractivity contribution < 1.29 is 17.9 Å². The Labute approximate surface area is 173 Å². The zero-order valence-electron chi connectivity index (χ0n) is 16.4. The van der Waals surface area contributed by atoms with Crippen molar-refractivity contribution in [2.24, 2.45) is 5.73 Å². The van der Waals surface area contributed by atoms with Crippen LogP contribution in [-0.2, 0) is 14.8 Å². The molecule has 9 heteroatoms. The topological polar surface area (TPSA) is 102 Å². The molecule has 1 saturated heterocycles. The summed E-state index contributed by atoms with van der Waals surface area (Å²) in [5.41, 5.74) is 5.85. The van der Waals surface area contributed by atoms with E-state index < -0.39 is 10.0 Å². The lowest BCUT2D eigenvalue weighted by molar-refractivity contribution is -0.0440. The fourth-order valence-electron chi connectivity index (χ4n) is 4.02. The zero-order chi connectivity index (χ0) is 19.7. The minimum Gasteiger partial charge on any atom is -0.373 e. The number of rotatable bonds is 5. The Hall–Kier alpha value is -1.19. The highest BCUT2D eigenvalue weighted by molar-refractivity contribution is 7.89. The quantitative estimate of drug-likeness (QED) is 0.741. The monoisotopic (exact) mass is 431 g/mol. The molecule has 1 aliphatic carbocycles. The van der Waals surface area contributed by atoms with Gasteiger partial charge in [-0.25, -0.2) is 8.42 Å². The number of amides is 1. The van der Waals surface area contributed by atoms with Crippen LogP contribution in [0.25, 0.3) is 0 Å². The lowest BCUT2D eigenvalue weighted by Crippen LogP contribution is -2.51. The van der Waals surface area contributed by atoms with E-state index in [-0.39, 0.29) is 41.0 Å². The molecule has 0 bridgehead atoms. The molecule has 1 aromatic carbocycles. The predicted molar refractivity (Wildman–Crippen MR) is 110 cm³/mol. The van der Waals surface area contributed by atoms with Gasteiger partial charge < -0.3 is 15.8 Å². The van der Waals surface area contributed by atoms with Gasteiger partial charge in [0.15, 0.2) is 0 Å². The van der Waals surface area contributed by atoms with Crippen LogP contribution in [0.4, 0.5) is 0 Å². The van der Waals surface area contributed by atoms with Crippen LogP contribution < -0.4 is 11.1 Å². The van der Waals surface area contributed by atoms with E-state index in [1.165, 1.54) is 16.4 Å². The van der Waals surface area contributed by atoms with E-state index in [9.17, 15) is 13.2 Å². The Morgan fingerprint density at radius 1 is 1.25 bits per heavy atom. The SMILES string of the molecule is CC1CN(S(=O)(=O)c2cccc(C(=O)NC3(CN)CCCC3)c2)CC(C)O1.Cl. The van der Waals surface area contributed by atoms with E-state index in [2.05, 4.69) is 5.32 Å². The van der Waals surface area contributed by atoms with E-state index in [0.717, 1.165) is 25.7 Å². The van der Waals surface area contributed by atoms with Crippen molar-refractivity contribution in [2.45, 2.75) is 62.2 Å². The predicted octanol–water partition coefficient (Wildman–Crippen LogP) is 1.91. The molecule has 28 heavy (non-hydrogen) atoms. The van der Waals surface area contributed by atoms with Crippen LogP contribution in [0.1, 0.15) is 49.9 Å². The van der Waals surface area contributed by atoms with Crippen LogP contribution >= 0.6 is 12.4 Å². The van der Waals surface area contributed by atoms with Crippen LogP contribution in [-0.4, -0.2) is 56.0 Å². The van der Waals surface area contributed by atoms with Gasteiger partial charge in [-0.15, -0.1) is 12.4 Å². The lowest BCUT2D eigenvalue weighted by atomic mass is 9.97. The van der Waals surface area contributed by atoms with E-state index in [1.807, 2.05) is 13.8 Å². The standard InChI is InChI=1S/C19H29N3O4S.ClH/c1-14-11-22(12-15(2)26-14)27(24,25)17-7-5-6-16(10-17)18(23)21-19(13-20)8-3-4-9-19;/h5-7,10,14-15H,3-4,8-9,11-13,20H2,1-2H3,(H,21,23);1H. The maximum absolute atomic E-state index is 13.0. The summed E-state index contributed by atoms with van der Waals surface area (Å²) in [5, 5.41) is 3.04. The number of morpholine rings is 1. The smallest absolute Gasteiger partial charge is 0.251 e. The summed E-state index contributed by atoms with van der Waals surface area (Å²) in [6.45, 7) is 4.71. The van der Waals surface area contributed by atoms with Crippen LogP contribution in [0.3, 0.4) is 0 Å². The molecule has 0 spiro atoms. The third kappa shape index (κ3) is 4.86. The zero-order valence-corrected chi connectivity index (χ0v) is 18.0. The summed E-state index contributed by atoms with van der Waals surface area (Å²) in [7, 11) is -3.68. The summed E-state index contributed by atoms with van der Waals surface area (Å²) in [6.07, 6.45) is 3.47. The van der Waals surface area contributed by atoms with E-state index in [0.29, 0.717) is 25.2 Å². The van der Waals surface area contributed by atoms with Crippen molar-refractivity contribution >= 4 is 28.3 Å². The number of sulfonamides is 1. The Kier molecular flexibility index (Phi) is 7.50. The first-order chi connectivity index (χ1) is 12.8. The molecule has 0 radical (unpaired) electrons. The number of nitrogens with two attached hydrogens (primary N) is 1. The molecule has 3 N–H and O–H groups in total. The number of carbonyl (C=O) groups is 1. The number of ether oxygens (including phenoxy) is 1. The fourth-order valence-corrected chi connectivity index (χ4v) is 5.66. The average Bonchev–Trinajstić information content (AvgIpc) is 3.10. The van der Waals surface area contributed by atoms with Crippen LogP contribution in [0, 0.1) is 0 Å². The number of hydrogen-bond donors (Lipinski definition) is 2. The molecule has 158 valence electrons. The van der Waals surface area contributed by atoms with Gasteiger partial charge in [0.05, 0.1) is 22.6 Å². The van der Waals surface area contributed by atoms with Gasteiger partial charge in [0.25, 0.3) is 5.91 Å². The molecule has 2 atom stereocenters. The van der Waals surface area contributed by atoms with Crippen LogP contribution in [0.5, 0.6) is 0 Å². The van der Waals surface area contributed by atoms with E-state index in [4.69, 9.17) is 10.5 Å². The molecule has 3 rings (SSSR count). The van der Waals surface area contributed by atoms with Gasteiger partial charge in [-0.05, 0) is 44.9 Å². The average molecular weight is 432 g/mol. The fraction of sp³-hybridized carbons (Fsp3) is 0.632. The summed E-state index contributed by atoms with van der Waals surface area (Å²) in [4.78, 5) is 12.9. The molecule has 1 aromatic rings.